The number of carboxylic acid groups (broad SMARTS) is 1. The fourth-order valence-electron chi connectivity index (χ4n) is 10.3. The third-order valence-electron chi connectivity index (χ3n) is 13.0. The van der Waals surface area contributed by atoms with Gasteiger partial charge in [0, 0.05) is 19.5 Å². The summed E-state index contributed by atoms with van der Waals surface area (Å²) in [5, 5.41) is 56.3. The lowest BCUT2D eigenvalue weighted by atomic mass is 9.44. The van der Waals surface area contributed by atoms with Crippen molar-refractivity contribution in [2.45, 2.75) is 148 Å². The standard InChI is InChI=1S/C36H62N2O10/c1-21(2)16-29(34(45)46)38-19-37-28(33(43)44)12-13-32(42)48-20-47-31(41)7-5-6-22-9-11-26-25-10-8-23-17-24(39)14-15-35(23,3)27(25)18-30(40)36(22,26)4/h21-30,33,37-40,43-44H,5-20H2,1-4H3,(H,45,46)/t22?,23-,24-,25?,26?,27?,28+,29+,30+,35+,36-/m1/s1. The summed E-state index contributed by atoms with van der Waals surface area (Å²) in [5.41, 5.74) is 0.0429. The van der Waals surface area contributed by atoms with Crippen LogP contribution in [0.15, 0.2) is 0 Å². The van der Waals surface area contributed by atoms with Crippen molar-refractivity contribution < 1.29 is 49.4 Å². The maximum absolute atomic E-state index is 12.4. The van der Waals surface area contributed by atoms with Gasteiger partial charge < -0.3 is 35.0 Å². The molecule has 4 saturated carbocycles. The fraction of sp³-hybridized carbons (Fsp3) is 0.917. The van der Waals surface area contributed by atoms with Crippen molar-refractivity contribution in [3.63, 3.8) is 0 Å². The van der Waals surface area contributed by atoms with E-state index in [0.717, 1.165) is 44.9 Å². The van der Waals surface area contributed by atoms with Crippen LogP contribution in [0.2, 0.25) is 0 Å². The molecule has 0 radical (unpaired) electrons. The van der Waals surface area contributed by atoms with Crippen LogP contribution in [0.5, 0.6) is 0 Å². The monoisotopic (exact) mass is 682 g/mol. The van der Waals surface area contributed by atoms with Crippen molar-refractivity contribution in [2.24, 2.45) is 46.3 Å². The number of hydrogen-bond acceptors (Lipinski definition) is 11. The zero-order valence-electron chi connectivity index (χ0n) is 29.4. The van der Waals surface area contributed by atoms with E-state index in [2.05, 4.69) is 24.5 Å². The summed E-state index contributed by atoms with van der Waals surface area (Å²) >= 11 is 0. The maximum atomic E-state index is 12.4. The Morgan fingerprint density at radius 1 is 0.896 bits per heavy atom. The molecule has 0 spiro atoms. The number of nitrogens with one attached hydrogen (secondary N) is 2. The van der Waals surface area contributed by atoms with E-state index >= 15 is 0 Å². The second-order valence-electron chi connectivity index (χ2n) is 16.2. The number of hydrogen-bond donors (Lipinski definition) is 7. The number of ether oxygens (including phenoxy) is 2. The van der Waals surface area contributed by atoms with Gasteiger partial charge in [0.1, 0.15) is 6.04 Å². The molecule has 12 nitrogen and oxygen atoms in total. The molecule has 0 aliphatic heterocycles. The number of carbonyl (C=O) groups is 3. The van der Waals surface area contributed by atoms with Gasteiger partial charge in [0.25, 0.3) is 0 Å². The van der Waals surface area contributed by atoms with Gasteiger partial charge in [-0.15, -0.1) is 0 Å². The molecule has 4 unspecified atom stereocenters. The quantitative estimate of drug-likeness (QED) is 0.0876. The summed E-state index contributed by atoms with van der Waals surface area (Å²) in [6.45, 7) is 8.00. The number of fused-ring (bicyclic) bond motifs is 5. The molecule has 7 N–H and O–H groups in total. The van der Waals surface area contributed by atoms with Crippen LogP contribution in [0.4, 0.5) is 0 Å². The first-order valence-electron chi connectivity index (χ1n) is 18.4. The number of aliphatic hydroxyl groups is 4. The SMILES string of the molecule is CC(C)C[C@H](NCN[C@@H](CCC(=O)OCOC(=O)CCCC1CCC2C3CC[C@@H]4C[C@H](O)CC[C@]4(C)C3C[C@H](O)[C@]12C)C(O)O)C(=O)O. The molecular weight excluding hydrogens is 620 g/mol. The summed E-state index contributed by atoms with van der Waals surface area (Å²) < 4.78 is 10.2. The lowest BCUT2D eigenvalue weighted by Gasteiger charge is -2.62. The van der Waals surface area contributed by atoms with E-state index in [0.29, 0.717) is 42.4 Å². The Morgan fingerprint density at radius 3 is 2.27 bits per heavy atom. The lowest BCUT2D eigenvalue weighted by molar-refractivity contribution is -0.172. The van der Waals surface area contributed by atoms with E-state index < -0.39 is 43.1 Å². The maximum Gasteiger partial charge on any atom is 0.320 e. The number of carboxylic acids is 1. The number of rotatable bonds is 17. The van der Waals surface area contributed by atoms with E-state index in [1.54, 1.807) is 0 Å². The number of aliphatic carboxylic acids is 1. The number of carbonyl (C=O) groups excluding carboxylic acids is 2. The van der Waals surface area contributed by atoms with Gasteiger partial charge in [0.15, 0.2) is 6.29 Å². The minimum Gasteiger partial charge on any atom is -0.480 e. The lowest BCUT2D eigenvalue weighted by Crippen LogP contribution is -2.58. The highest BCUT2D eigenvalue weighted by Gasteiger charge is 2.63. The third-order valence-corrected chi connectivity index (χ3v) is 13.0. The molecule has 0 amide bonds. The van der Waals surface area contributed by atoms with Crippen molar-refractivity contribution in [1.82, 2.24) is 10.6 Å². The second kappa shape index (κ2) is 16.9. The Balaban J connectivity index is 1.14. The van der Waals surface area contributed by atoms with E-state index in [1.807, 2.05) is 13.8 Å². The summed E-state index contributed by atoms with van der Waals surface area (Å²) in [4.78, 5) is 36.1. The number of aliphatic hydroxyl groups excluding tert-OH is 3. The Bertz CT molecular complexity index is 1090. The first kappa shape index (κ1) is 39.0. The molecular formula is C36H62N2O10. The summed E-state index contributed by atoms with van der Waals surface area (Å²) in [6.07, 6.45) is 7.79. The molecule has 4 aliphatic carbocycles. The third kappa shape index (κ3) is 9.09. The fourth-order valence-corrected chi connectivity index (χ4v) is 10.3. The van der Waals surface area contributed by atoms with Gasteiger partial charge >= 0.3 is 17.9 Å². The van der Waals surface area contributed by atoms with Gasteiger partial charge in [-0.2, -0.15) is 0 Å². The topological polar surface area (TPSA) is 195 Å². The smallest absolute Gasteiger partial charge is 0.320 e. The molecule has 4 aliphatic rings. The van der Waals surface area contributed by atoms with E-state index in [4.69, 9.17) is 9.47 Å². The Kier molecular flexibility index (Phi) is 13.7. The molecule has 0 bridgehead atoms. The first-order valence-corrected chi connectivity index (χ1v) is 18.4. The molecule has 12 heteroatoms. The van der Waals surface area contributed by atoms with Crippen molar-refractivity contribution >= 4 is 17.9 Å². The van der Waals surface area contributed by atoms with Crippen LogP contribution >= 0.6 is 0 Å². The highest BCUT2D eigenvalue weighted by Crippen LogP contribution is 2.67. The summed E-state index contributed by atoms with van der Waals surface area (Å²) in [6, 6.07) is -1.69. The Labute approximate surface area is 285 Å². The van der Waals surface area contributed by atoms with Gasteiger partial charge in [-0.1, -0.05) is 27.7 Å². The molecule has 0 heterocycles. The van der Waals surface area contributed by atoms with Crippen LogP contribution in [0.25, 0.3) is 0 Å². The second-order valence-corrected chi connectivity index (χ2v) is 16.2. The van der Waals surface area contributed by atoms with Crippen LogP contribution in [-0.2, 0) is 23.9 Å². The average Bonchev–Trinajstić information content (AvgIpc) is 3.36. The van der Waals surface area contributed by atoms with Crippen LogP contribution in [0, 0.1) is 46.3 Å². The highest BCUT2D eigenvalue weighted by atomic mass is 16.7. The summed E-state index contributed by atoms with van der Waals surface area (Å²) in [7, 11) is 0. The van der Waals surface area contributed by atoms with Crippen molar-refractivity contribution in [3.05, 3.63) is 0 Å². The predicted octanol–water partition coefficient (Wildman–Crippen LogP) is 3.29. The van der Waals surface area contributed by atoms with Gasteiger partial charge in [-0.25, -0.2) is 0 Å². The van der Waals surface area contributed by atoms with Gasteiger partial charge in [0.05, 0.1) is 18.2 Å². The summed E-state index contributed by atoms with van der Waals surface area (Å²) in [5.74, 6) is 0.536. The van der Waals surface area contributed by atoms with Crippen molar-refractivity contribution in [2.75, 3.05) is 13.5 Å². The Hall–Kier alpha value is -1.83. The molecule has 276 valence electrons. The Morgan fingerprint density at radius 2 is 1.60 bits per heavy atom. The van der Waals surface area contributed by atoms with Crippen LogP contribution in [0.3, 0.4) is 0 Å². The van der Waals surface area contributed by atoms with Crippen LogP contribution in [0.1, 0.15) is 118 Å². The minimum absolute atomic E-state index is 0.00495. The van der Waals surface area contributed by atoms with E-state index in [-0.39, 0.29) is 54.9 Å². The van der Waals surface area contributed by atoms with Crippen molar-refractivity contribution in [1.29, 1.82) is 0 Å². The van der Waals surface area contributed by atoms with Crippen LogP contribution in [-0.4, -0.2) is 87.5 Å². The molecule has 0 aromatic carbocycles. The molecule has 0 aromatic rings. The van der Waals surface area contributed by atoms with Crippen LogP contribution < -0.4 is 10.6 Å². The zero-order valence-corrected chi connectivity index (χ0v) is 29.4. The highest BCUT2D eigenvalue weighted by molar-refractivity contribution is 5.73. The molecule has 0 saturated heterocycles. The number of esters is 2. The zero-order chi connectivity index (χ0) is 35.2. The molecule has 11 atom stereocenters. The molecule has 4 rings (SSSR count). The normalized spacial score (nSPS) is 35.8. The van der Waals surface area contributed by atoms with Gasteiger partial charge in [0.2, 0.25) is 6.79 Å². The van der Waals surface area contributed by atoms with E-state index in [1.165, 1.54) is 12.8 Å². The van der Waals surface area contributed by atoms with E-state index in [9.17, 15) is 39.9 Å². The molecule has 48 heavy (non-hydrogen) atoms. The predicted molar refractivity (Wildman–Crippen MR) is 177 cm³/mol. The van der Waals surface area contributed by atoms with Gasteiger partial charge in [-0.3, -0.25) is 25.0 Å². The molecule has 0 aromatic heterocycles. The largest absolute Gasteiger partial charge is 0.480 e. The molecule has 4 fully saturated rings. The van der Waals surface area contributed by atoms with Gasteiger partial charge in [-0.05, 0) is 123 Å². The average molecular weight is 683 g/mol. The van der Waals surface area contributed by atoms with Crippen molar-refractivity contribution in [3.8, 4) is 0 Å². The first-order chi connectivity index (χ1) is 22.7. The minimum atomic E-state index is -1.77.